The highest BCUT2D eigenvalue weighted by Crippen LogP contribution is 2.18. The fourth-order valence-electron chi connectivity index (χ4n) is 2.10. The molecule has 0 aliphatic heterocycles. The predicted octanol–water partition coefficient (Wildman–Crippen LogP) is 9.50. The van der Waals surface area contributed by atoms with Gasteiger partial charge in [0.15, 0.2) is 0 Å². The topological polar surface area (TPSA) is 15.3 Å². The molecule has 0 saturated carbocycles. The molecule has 2 aromatic rings. The number of aryl methyl sites for hydroxylation is 1. The maximum atomic E-state index is 3.70. The number of likely N-dealkylation sites (N-methyl/N-ethyl adjacent to an activating group) is 1. The predicted molar refractivity (Wildman–Crippen MR) is 163 cm³/mol. The third-order valence-electron chi connectivity index (χ3n) is 3.84. The van der Waals surface area contributed by atoms with Gasteiger partial charge >= 0.3 is 0 Å². The van der Waals surface area contributed by atoms with Crippen LogP contribution in [0.5, 0.6) is 0 Å². The van der Waals surface area contributed by atoms with Crippen molar-refractivity contribution in [2.45, 2.75) is 39.5 Å². The van der Waals surface area contributed by atoms with Crippen LogP contribution in [-0.4, -0.2) is 31.8 Å². The van der Waals surface area contributed by atoms with Gasteiger partial charge in [-0.05, 0) is 48.9 Å². The highest BCUT2D eigenvalue weighted by atomic mass is 32.2. The standard InChI is InChI=1S/C11H12S.C8H11N.C8H13N.2C2H6/c1-3-9-12-11-7-5-10(4-2)6-8-11;1-7-3-5-8(9-2)6-4-7;1-5-7-8(6-2)9(3)4;2*1-2/h3-8H,1-2,9H2;3-6,9H,1-2H3;5-7H,1-2H2,3-4H3;2*1-2H3/b;;8-7+;;. The van der Waals surface area contributed by atoms with Crippen molar-refractivity contribution in [2.24, 2.45) is 0 Å². The van der Waals surface area contributed by atoms with Crippen molar-refractivity contribution in [1.82, 2.24) is 4.90 Å². The average Bonchev–Trinajstić information content (AvgIpc) is 2.89. The van der Waals surface area contributed by atoms with E-state index in [1.807, 2.05) is 72.0 Å². The molecule has 0 unspecified atom stereocenters. The Labute approximate surface area is 215 Å². The minimum Gasteiger partial charge on any atom is -0.388 e. The van der Waals surface area contributed by atoms with E-state index in [0.29, 0.717) is 0 Å². The van der Waals surface area contributed by atoms with Crippen LogP contribution < -0.4 is 5.32 Å². The number of thioether (sulfide) groups is 1. The van der Waals surface area contributed by atoms with Crippen LogP contribution >= 0.6 is 11.8 Å². The molecular formula is C31H48N2S. The molecule has 0 heterocycles. The molecule has 34 heavy (non-hydrogen) atoms. The fraction of sp³-hybridized carbons (Fsp3) is 0.290. The van der Waals surface area contributed by atoms with E-state index in [9.17, 15) is 0 Å². The number of rotatable bonds is 8. The number of nitrogens with one attached hydrogen (secondary N) is 1. The summed E-state index contributed by atoms with van der Waals surface area (Å²) in [6.45, 7) is 24.7. The molecule has 2 aromatic carbocycles. The summed E-state index contributed by atoms with van der Waals surface area (Å²) < 4.78 is 0. The third-order valence-corrected chi connectivity index (χ3v) is 4.85. The third kappa shape index (κ3) is 19.8. The lowest BCUT2D eigenvalue weighted by Crippen LogP contribution is -2.08. The Morgan fingerprint density at radius 2 is 1.41 bits per heavy atom. The fourth-order valence-corrected chi connectivity index (χ4v) is 2.73. The van der Waals surface area contributed by atoms with Crippen molar-refractivity contribution in [2.75, 3.05) is 32.2 Å². The summed E-state index contributed by atoms with van der Waals surface area (Å²) in [4.78, 5) is 3.26. The quantitative estimate of drug-likeness (QED) is 0.230. The Kier molecular flexibility index (Phi) is 27.6. The summed E-state index contributed by atoms with van der Waals surface area (Å²) in [5.41, 5.74) is 4.71. The summed E-state index contributed by atoms with van der Waals surface area (Å²) in [6.07, 6.45) is 9.21. The molecule has 0 spiro atoms. The number of allylic oxidation sites excluding steroid dienone is 3. The van der Waals surface area contributed by atoms with Gasteiger partial charge in [-0.15, -0.1) is 18.3 Å². The molecule has 1 N–H and O–H groups in total. The van der Waals surface area contributed by atoms with Gasteiger partial charge < -0.3 is 10.2 Å². The van der Waals surface area contributed by atoms with Gasteiger partial charge in [0.2, 0.25) is 0 Å². The van der Waals surface area contributed by atoms with Gasteiger partial charge in [-0.2, -0.15) is 0 Å². The number of benzene rings is 2. The van der Waals surface area contributed by atoms with E-state index in [0.717, 1.165) is 17.0 Å². The number of nitrogens with zero attached hydrogens (tertiary/aromatic N) is 1. The van der Waals surface area contributed by atoms with Crippen LogP contribution in [0.3, 0.4) is 0 Å². The first-order valence-electron chi connectivity index (χ1n) is 11.7. The van der Waals surface area contributed by atoms with Gasteiger partial charge in [-0.25, -0.2) is 0 Å². The number of anilines is 1. The second kappa shape index (κ2) is 26.3. The maximum absolute atomic E-state index is 3.70. The Balaban J connectivity index is -0.000000399. The second-order valence-electron chi connectivity index (χ2n) is 6.41. The maximum Gasteiger partial charge on any atom is 0.0354 e. The summed E-state index contributed by atoms with van der Waals surface area (Å²) in [5.74, 6) is 0.966. The van der Waals surface area contributed by atoms with Crippen molar-refractivity contribution in [3.8, 4) is 0 Å². The van der Waals surface area contributed by atoms with Crippen LogP contribution in [0.2, 0.25) is 0 Å². The van der Waals surface area contributed by atoms with Crippen LogP contribution in [-0.2, 0) is 0 Å². The second-order valence-corrected chi connectivity index (χ2v) is 7.51. The zero-order chi connectivity index (χ0) is 26.8. The molecule has 2 nitrogen and oxygen atoms in total. The molecule has 0 amide bonds. The average molecular weight is 481 g/mol. The SMILES string of the molecule is C=C/C=C(\C=C)N(C)C.C=CCSc1ccc(C=C)cc1.CC.CC.CNc1ccc(C)cc1. The van der Waals surface area contributed by atoms with E-state index in [1.54, 1.807) is 23.9 Å². The van der Waals surface area contributed by atoms with E-state index in [-0.39, 0.29) is 0 Å². The van der Waals surface area contributed by atoms with E-state index in [1.165, 1.54) is 16.1 Å². The smallest absolute Gasteiger partial charge is 0.0354 e. The van der Waals surface area contributed by atoms with E-state index in [4.69, 9.17) is 0 Å². The van der Waals surface area contributed by atoms with Crippen molar-refractivity contribution in [3.63, 3.8) is 0 Å². The Morgan fingerprint density at radius 1 is 0.882 bits per heavy atom. The lowest BCUT2D eigenvalue weighted by molar-refractivity contribution is 0.530. The minimum absolute atomic E-state index is 0.966. The van der Waals surface area contributed by atoms with Gasteiger partial charge in [0, 0.05) is 43.2 Å². The minimum atomic E-state index is 0.966. The first-order valence-corrected chi connectivity index (χ1v) is 12.7. The Morgan fingerprint density at radius 3 is 1.74 bits per heavy atom. The van der Waals surface area contributed by atoms with Gasteiger partial charge in [0.1, 0.15) is 0 Å². The molecule has 2 rings (SSSR count). The number of hydrogen-bond donors (Lipinski definition) is 1. The molecule has 0 fully saturated rings. The van der Waals surface area contributed by atoms with Crippen LogP contribution in [0.15, 0.2) is 110 Å². The summed E-state index contributed by atoms with van der Waals surface area (Å²) in [6, 6.07) is 16.6. The molecule has 0 saturated heterocycles. The van der Waals surface area contributed by atoms with Crippen LogP contribution in [0, 0.1) is 6.92 Å². The molecular weight excluding hydrogens is 432 g/mol. The molecule has 3 heteroatoms. The first-order chi connectivity index (χ1) is 16.4. The van der Waals surface area contributed by atoms with Crippen molar-refractivity contribution in [1.29, 1.82) is 0 Å². The van der Waals surface area contributed by atoms with Crippen LogP contribution in [0.1, 0.15) is 38.8 Å². The molecule has 0 radical (unpaired) electrons. The zero-order valence-corrected chi connectivity index (χ0v) is 23.7. The largest absolute Gasteiger partial charge is 0.388 e. The first kappa shape index (κ1) is 35.7. The molecule has 188 valence electrons. The normalized spacial score (nSPS) is 8.88. The molecule has 0 aromatic heterocycles. The van der Waals surface area contributed by atoms with Crippen molar-refractivity contribution < 1.29 is 0 Å². The molecule has 0 aliphatic rings. The highest BCUT2D eigenvalue weighted by Gasteiger charge is 1.90. The lowest BCUT2D eigenvalue weighted by atomic mass is 10.2. The van der Waals surface area contributed by atoms with Gasteiger partial charge in [0.25, 0.3) is 0 Å². The molecule has 0 aliphatic carbocycles. The summed E-state index contributed by atoms with van der Waals surface area (Å²) >= 11 is 1.79. The van der Waals surface area contributed by atoms with Gasteiger partial charge in [0.05, 0.1) is 0 Å². The molecule has 0 bridgehead atoms. The van der Waals surface area contributed by atoms with E-state index < -0.39 is 0 Å². The van der Waals surface area contributed by atoms with E-state index >= 15 is 0 Å². The lowest BCUT2D eigenvalue weighted by Gasteiger charge is -2.11. The summed E-state index contributed by atoms with van der Waals surface area (Å²) in [7, 11) is 5.86. The zero-order valence-electron chi connectivity index (χ0n) is 22.9. The van der Waals surface area contributed by atoms with Crippen molar-refractivity contribution in [3.05, 3.63) is 116 Å². The van der Waals surface area contributed by atoms with Gasteiger partial charge in [-0.3, -0.25) is 0 Å². The van der Waals surface area contributed by atoms with Crippen LogP contribution in [0.4, 0.5) is 5.69 Å². The van der Waals surface area contributed by atoms with Crippen molar-refractivity contribution >= 4 is 23.5 Å². The summed E-state index contributed by atoms with van der Waals surface area (Å²) in [5, 5.41) is 3.05. The Hall–Kier alpha value is -2.91. The highest BCUT2D eigenvalue weighted by molar-refractivity contribution is 7.99. The number of hydrogen-bond acceptors (Lipinski definition) is 3. The van der Waals surface area contributed by atoms with E-state index in [2.05, 4.69) is 87.1 Å². The molecule has 0 atom stereocenters. The van der Waals surface area contributed by atoms with Gasteiger partial charge in [-0.1, -0.05) is 95.5 Å². The Bertz CT molecular complexity index is 785. The monoisotopic (exact) mass is 480 g/mol. The van der Waals surface area contributed by atoms with Crippen LogP contribution in [0.25, 0.3) is 6.08 Å².